The fourth-order valence-electron chi connectivity index (χ4n) is 4.38. The van der Waals surface area contributed by atoms with Crippen LogP contribution in [-0.4, -0.2) is 77.1 Å². The molecule has 0 bridgehead atoms. The summed E-state index contributed by atoms with van der Waals surface area (Å²) in [5.41, 5.74) is 13.4. The monoisotopic (exact) mass is 612 g/mol. The van der Waals surface area contributed by atoms with Crippen molar-refractivity contribution >= 4 is 29.6 Å². The van der Waals surface area contributed by atoms with Gasteiger partial charge in [-0.15, -0.1) is 0 Å². The summed E-state index contributed by atoms with van der Waals surface area (Å²) in [5, 5.41) is 29.2. The number of carboxylic acids is 1. The third-order valence-corrected chi connectivity index (χ3v) is 6.73. The summed E-state index contributed by atoms with van der Waals surface area (Å²) < 4.78 is 0. The number of carbonyl (C=O) groups is 5. The Bertz CT molecular complexity index is 1240. The van der Waals surface area contributed by atoms with Crippen molar-refractivity contribution in [2.75, 3.05) is 13.1 Å². The van der Waals surface area contributed by atoms with Crippen LogP contribution in [0.4, 0.5) is 0 Å². The highest BCUT2D eigenvalue weighted by atomic mass is 16.4. The third-order valence-electron chi connectivity index (χ3n) is 6.73. The van der Waals surface area contributed by atoms with Gasteiger partial charge in [0.2, 0.25) is 23.6 Å². The van der Waals surface area contributed by atoms with Gasteiger partial charge in [-0.25, -0.2) is 4.79 Å². The number of amides is 4. The first-order chi connectivity index (χ1) is 20.8. The van der Waals surface area contributed by atoms with Crippen molar-refractivity contribution in [1.29, 1.82) is 0 Å². The molecule has 44 heavy (non-hydrogen) atoms. The third kappa shape index (κ3) is 13.2. The lowest BCUT2D eigenvalue weighted by Crippen LogP contribution is -2.54. The molecule has 0 unspecified atom stereocenters. The van der Waals surface area contributed by atoms with E-state index in [1.54, 1.807) is 42.5 Å². The smallest absolute Gasteiger partial charge is 0.326 e. The zero-order chi connectivity index (χ0) is 32.6. The van der Waals surface area contributed by atoms with Crippen molar-refractivity contribution < 1.29 is 34.2 Å². The Morgan fingerprint density at radius 2 is 1.39 bits per heavy atom. The zero-order valence-corrected chi connectivity index (χ0v) is 25.1. The van der Waals surface area contributed by atoms with Gasteiger partial charge in [-0.2, -0.15) is 0 Å². The fraction of sp³-hybridized carbons (Fsp3) is 0.452. The summed E-state index contributed by atoms with van der Waals surface area (Å²) in [6, 6.07) is 11.0. The molecule has 4 atom stereocenters. The topological polar surface area (TPSA) is 226 Å². The van der Waals surface area contributed by atoms with E-state index in [-0.39, 0.29) is 43.4 Å². The first kappa shape index (κ1) is 35.7. The lowest BCUT2D eigenvalue weighted by Gasteiger charge is -2.21. The molecule has 2 aromatic rings. The number of rotatable bonds is 18. The van der Waals surface area contributed by atoms with Crippen molar-refractivity contribution in [3.63, 3.8) is 0 Å². The van der Waals surface area contributed by atoms with Gasteiger partial charge < -0.3 is 42.9 Å². The van der Waals surface area contributed by atoms with Gasteiger partial charge in [-0.05, 0) is 54.9 Å². The van der Waals surface area contributed by atoms with E-state index in [0.717, 1.165) is 0 Å². The molecule has 0 fully saturated rings. The van der Waals surface area contributed by atoms with E-state index in [1.165, 1.54) is 12.1 Å². The first-order valence-corrected chi connectivity index (χ1v) is 14.6. The Hall–Kier alpha value is -4.49. The number of benzene rings is 2. The zero-order valence-electron chi connectivity index (χ0n) is 25.1. The van der Waals surface area contributed by atoms with Gasteiger partial charge in [-0.1, -0.05) is 56.3 Å². The van der Waals surface area contributed by atoms with Crippen LogP contribution >= 0.6 is 0 Å². The molecule has 13 heteroatoms. The number of hydrogen-bond acceptors (Lipinski definition) is 8. The summed E-state index contributed by atoms with van der Waals surface area (Å²) in [6.07, 6.45) is 1.12. The van der Waals surface area contributed by atoms with Crippen molar-refractivity contribution in [1.82, 2.24) is 21.3 Å². The molecule has 0 aliphatic heterocycles. The number of nitrogens with two attached hydrogens (primary N) is 2. The highest BCUT2D eigenvalue weighted by Gasteiger charge is 2.26. The van der Waals surface area contributed by atoms with Crippen LogP contribution in [0.2, 0.25) is 0 Å². The van der Waals surface area contributed by atoms with Gasteiger partial charge in [0, 0.05) is 13.0 Å². The Kier molecular flexibility index (Phi) is 14.8. The maximum absolute atomic E-state index is 13.1. The SMILES string of the molecule is CC(C)C[C@H](N)C(=O)NCCC[C@@H](NC(=O)[C@@H](N)Cc1ccc(O)cc1)C(=O)NCC(=O)N[C@@H](Cc1ccccc1)C(=O)O. The average Bonchev–Trinajstić information content (AvgIpc) is 2.98. The average molecular weight is 613 g/mol. The maximum atomic E-state index is 13.1. The van der Waals surface area contributed by atoms with E-state index in [0.29, 0.717) is 24.0 Å². The van der Waals surface area contributed by atoms with Crippen LogP contribution in [0.3, 0.4) is 0 Å². The minimum absolute atomic E-state index is 0.0556. The Morgan fingerprint density at radius 1 is 0.750 bits per heavy atom. The molecule has 240 valence electrons. The van der Waals surface area contributed by atoms with Crippen molar-refractivity contribution in [2.24, 2.45) is 17.4 Å². The van der Waals surface area contributed by atoms with E-state index < -0.39 is 54.4 Å². The standard InChI is InChI=1S/C31H44N6O7/c1-19(2)15-23(32)28(40)34-14-6-9-25(37-29(41)24(33)16-21-10-12-22(38)13-11-21)30(42)35-18-27(39)36-26(31(43)44)17-20-7-4-3-5-8-20/h3-5,7-8,10-13,19,23-26,38H,6,9,14-18,32-33H2,1-2H3,(H,34,40)(H,35,42)(H,36,39)(H,37,41)(H,43,44)/t23-,24-,25+,26-/m0/s1. The first-order valence-electron chi connectivity index (χ1n) is 14.6. The predicted molar refractivity (Wildman–Crippen MR) is 164 cm³/mol. The van der Waals surface area contributed by atoms with Gasteiger partial charge in [0.15, 0.2) is 0 Å². The molecule has 0 spiro atoms. The highest BCUT2D eigenvalue weighted by Crippen LogP contribution is 2.11. The van der Waals surface area contributed by atoms with Crippen molar-refractivity contribution in [2.45, 2.75) is 70.1 Å². The van der Waals surface area contributed by atoms with Crippen LogP contribution in [0.25, 0.3) is 0 Å². The number of phenolic OH excluding ortho intramolecular Hbond substituents is 1. The van der Waals surface area contributed by atoms with Crippen LogP contribution < -0.4 is 32.7 Å². The van der Waals surface area contributed by atoms with Gasteiger partial charge in [0.05, 0.1) is 18.6 Å². The van der Waals surface area contributed by atoms with Gasteiger partial charge in [0.25, 0.3) is 0 Å². The van der Waals surface area contributed by atoms with Crippen molar-refractivity contribution in [3.05, 3.63) is 65.7 Å². The summed E-state index contributed by atoms with van der Waals surface area (Å²) in [6.45, 7) is 3.59. The van der Waals surface area contributed by atoms with Crippen LogP contribution in [0, 0.1) is 5.92 Å². The predicted octanol–water partition coefficient (Wildman–Crippen LogP) is -0.0551. The van der Waals surface area contributed by atoms with E-state index in [4.69, 9.17) is 11.5 Å². The normalized spacial score (nSPS) is 13.7. The molecule has 4 amide bonds. The Labute approximate surface area is 257 Å². The van der Waals surface area contributed by atoms with E-state index >= 15 is 0 Å². The van der Waals surface area contributed by atoms with Gasteiger partial charge >= 0.3 is 5.97 Å². The van der Waals surface area contributed by atoms with Crippen LogP contribution in [0.15, 0.2) is 54.6 Å². The number of aromatic hydroxyl groups is 1. The second-order valence-electron chi connectivity index (χ2n) is 11.1. The quantitative estimate of drug-likeness (QED) is 0.105. The largest absolute Gasteiger partial charge is 0.508 e. The molecule has 0 radical (unpaired) electrons. The van der Waals surface area contributed by atoms with E-state index in [9.17, 15) is 34.2 Å². The summed E-state index contributed by atoms with van der Waals surface area (Å²) >= 11 is 0. The van der Waals surface area contributed by atoms with Crippen LogP contribution in [-0.2, 0) is 36.8 Å². The minimum Gasteiger partial charge on any atom is -0.508 e. The lowest BCUT2D eigenvalue weighted by molar-refractivity contribution is -0.141. The summed E-state index contributed by atoms with van der Waals surface area (Å²) in [7, 11) is 0. The maximum Gasteiger partial charge on any atom is 0.326 e. The molecule has 0 aromatic heterocycles. The molecular formula is C31H44N6O7. The van der Waals surface area contributed by atoms with Gasteiger partial charge in [-0.3, -0.25) is 19.2 Å². The number of carbonyl (C=O) groups excluding carboxylic acids is 4. The van der Waals surface area contributed by atoms with Crippen molar-refractivity contribution in [3.8, 4) is 5.75 Å². The fourth-order valence-corrected chi connectivity index (χ4v) is 4.38. The Morgan fingerprint density at radius 3 is 2.00 bits per heavy atom. The van der Waals surface area contributed by atoms with E-state index in [1.807, 2.05) is 13.8 Å². The van der Waals surface area contributed by atoms with Crippen LogP contribution in [0.5, 0.6) is 5.75 Å². The number of carboxylic acid groups (broad SMARTS) is 1. The molecule has 0 saturated carbocycles. The molecule has 2 rings (SSSR count). The highest BCUT2D eigenvalue weighted by molar-refractivity contribution is 5.92. The minimum atomic E-state index is -1.23. The molecule has 13 nitrogen and oxygen atoms in total. The second-order valence-corrected chi connectivity index (χ2v) is 11.1. The molecule has 0 saturated heterocycles. The number of phenols is 1. The van der Waals surface area contributed by atoms with Crippen LogP contribution in [0.1, 0.15) is 44.2 Å². The molecule has 0 aliphatic carbocycles. The number of hydrogen-bond donors (Lipinski definition) is 8. The van der Waals surface area contributed by atoms with Gasteiger partial charge in [0.1, 0.15) is 17.8 Å². The number of aliphatic carboxylic acids is 1. The molecule has 0 aliphatic rings. The summed E-state index contributed by atoms with van der Waals surface area (Å²) in [4.78, 5) is 62.4. The Balaban J connectivity index is 1.99. The second kappa shape index (κ2) is 18.2. The lowest BCUT2D eigenvalue weighted by atomic mass is 10.0. The summed E-state index contributed by atoms with van der Waals surface area (Å²) in [5.74, 6) is -3.24. The molecule has 10 N–H and O–H groups in total. The molecular weight excluding hydrogens is 568 g/mol. The molecule has 2 aromatic carbocycles. The molecule has 0 heterocycles. The van der Waals surface area contributed by atoms with E-state index in [2.05, 4.69) is 21.3 Å². The number of nitrogens with one attached hydrogen (secondary N) is 4.